The van der Waals surface area contributed by atoms with Gasteiger partial charge in [0.1, 0.15) is 6.04 Å². The number of carbonyl (C=O) groups is 2. The van der Waals surface area contributed by atoms with E-state index in [1.165, 1.54) is 0 Å². The number of hydrogen-bond donors (Lipinski definition) is 1. The Morgan fingerprint density at radius 2 is 1.89 bits per heavy atom. The predicted octanol–water partition coefficient (Wildman–Crippen LogP) is 4.52. The molecule has 0 bridgehead atoms. The third kappa shape index (κ3) is 6.38. The maximum Gasteiger partial charge on any atom is 0.242 e. The van der Waals surface area contributed by atoms with E-state index >= 15 is 0 Å². The van der Waals surface area contributed by atoms with Gasteiger partial charge in [-0.15, -0.1) is 0 Å². The lowest BCUT2D eigenvalue weighted by Gasteiger charge is -2.29. The number of hydrogen-bond acceptors (Lipinski definition) is 2. The quantitative estimate of drug-likeness (QED) is 0.672. The van der Waals surface area contributed by atoms with Gasteiger partial charge in [-0.25, -0.2) is 0 Å². The van der Waals surface area contributed by atoms with Crippen LogP contribution in [0, 0.1) is 6.92 Å². The fourth-order valence-electron chi connectivity index (χ4n) is 3.07. The van der Waals surface area contributed by atoms with E-state index < -0.39 is 6.04 Å². The fourth-order valence-corrected chi connectivity index (χ4v) is 3.30. The van der Waals surface area contributed by atoms with E-state index in [0.717, 1.165) is 23.1 Å². The van der Waals surface area contributed by atoms with Gasteiger partial charge in [-0.05, 0) is 43.9 Å². The van der Waals surface area contributed by atoms with Crippen molar-refractivity contribution in [2.75, 3.05) is 6.54 Å². The summed E-state index contributed by atoms with van der Waals surface area (Å²) in [6.45, 7) is 6.82. The van der Waals surface area contributed by atoms with Crippen molar-refractivity contribution in [3.8, 4) is 0 Å². The minimum absolute atomic E-state index is 0.0550. The van der Waals surface area contributed by atoms with Crippen LogP contribution < -0.4 is 5.32 Å². The number of amides is 2. The van der Waals surface area contributed by atoms with Gasteiger partial charge in [0.05, 0.1) is 0 Å². The predicted molar refractivity (Wildman–Crippen MR) is 114 cm³/mol. The van der Waals surface area contributed by atoms with E-state index in [9.17, 15) is 9.59 Å². The first-order valence-electron chi connectivity index (χ1n) is 9.78. The topological polar surface area (TPSA) is 49.4 Å². The maximum absolute atomic E-state index is 13.0. The molecule has 0 aliphatic carbocycles. The molecule has 0 aliphatic heterocycles. The van der Waals surface area contributed by atoms with Crippen molar-refractivity contribution in [3.63, 3.8) is 0 Å². The van der Waals surface area contributed by atoms with E-state index in [4.69, 9.17) is 11.6 Å². The van der Waals surface area contributed by atoms with E-state index in [0.29, 0.717) is 31.0 Å². The van der Waals surface area contributed by atoms with Crippen LogP contribution in [0.25, 0.3) is 0 Å². The van der Waals surface area contributed by atoms with Crippen LogP contribution in [0.3, 0.4) is 0 Å². The lowest BCUT2D eigenvalue weighted by Crippen LogP contribution is -2.47. The lowest BCUT2D eigenvalue weighted by molar-refractivity contribution is -0.140. The summed E-state index contributed by atoms with van der Waals surface area (Å²) in [5.74, 6) is -0.179. The van der Waals surface area contributed by atoms with Crippen LogP contribution in [-0.4, -0.2) is 29.3 Å². The van der Waals surface area contributed by atoms with Crippen LogP contribution in [0.15, 0.2) is 48.5 Å². The zero-order valence-electron chi connectivity index (χ0n) is 16.9. The van der Waals surface area contributed by atoms with Gasteiger partial charge in [-0.3, -0.25) is 9.59 Å². The molecular weight excluding hydrogens is 372 g/mol. The molecule has 0 unspecified atom stereocenters. The maximum atomic E-state index is 13.0. The Hall–Kier alpha value is -2.33. The first-order chi connectivity index (χ1) is 13.4. The summed E-state index contributed by atoms with van der Waals surface area (Å²) >= 11 is 6.22. The molecule has 2 aromatic carbocycles. The van der Waals surface area contributed by atoms with Crippen LogP contribution in [0.1, 0.15) is 43.4 Å². The van der Waals surface area contributed by atoms with Crippen LogP contribution in [-0.2, 0) is 22.6 Å². The number of carbonyl (C=O) groups excluding carboxylic acids is 2. The zero-order chi connectivity index (χ0) is 20.5. The molecule has 1 atom stereocenters. The Morgan fingerprint density at radius 3 is 2.57 bits per heavy atom. The van der Waals surface area contributed by atoms with Crippen molar-refractivity contribution in [1.82, 2.24) is 10.2 Å². The second kappa shape index (κ2) is 10.9. The van der Waals surface area contributed by atoms with Gasteiger partial charge in [-0.1, -0.05) is 66.6 Å². The molecule has 0 saturated carbocycles. The molecule has 0 spiro atoms. The highest BCUT2D eigenvalue weighted by molar-refractivity contribution is 6.31. The van der Waals surface area contributed by atoms with Crippen molar-refractivity contribution in [2.24, 2.45) is 0 Å². The number of benzene rings is 2. The average Bonchev–Trinajstić information content (AvgIpc) is 2.69. The molecule has 1 N–H and O–H groups in total. The first kappa shape index (κ1) is 22.0. The van der Waals surface area contributed by atoms with Crippen molar-refractivity contribution in [1.29, 1.82) is 0 Å². The Balaban J connectivity index is 2.14. The van der Waals surface area contributed by atoms with E-state index in [1.807, 2.05) is 62.4 Å². The molecule has 2 aromatic rings. The highest BCUT2D eigenvalue weighted by Gasteiger charge is 2.25. The Kier molecular flexibility index (Phi) is 8.52. The lowest BCUT2D eigenvalue weighted by atomic mass is 10.1. The molecule has 4 nitrogen and oxygen atoms in total. The summed E-state index contributed by atoms with van der Waals surface area (Å²) < 4.78 is 0. The molecular formula is C23H29ClN2O2. The molecule has 5 heteroatoms. The molecule has 0 aliphatic rings. The number of rotatable bonds is 9. The van der Waals surface area contributed by atoms with Crippen LogP contribution >= 0.6 is 11.6 Å². The highest BCUT2D eigenvalue weighted by Crippen LogP contribution is 2.18. The second-order valence-corrected chi connectivity index (χ2v) is 7.48. The molecule has 2 amide bonds. The van der Waals surface area contributed by atoms with Crippen molar-refractivity contribution >= 4 is 23.4 Å². The molecule has 28 heavy (non-hydrogen) atoms. The summed E-state index contributed by atoms with van der Waals surface area (Å²) in [5.41, 5.74) is 3.08. The molecule has 150 valence electrons. The largest absolute Gasteiger partial charge is 0.354 e. The van der Waals surface area contributed by atoms with Crippen molar-refractivity contribution in [3.05, 3.63) is 70.2 Å². The summed E-state index contributed by atoms with van der Waals surface area (Å²) in [7, 11) is 0. The van der Waals surface area contributed by atoms with Crippen LogP contribution in [0.2, 0.25) is 5.02 Å². The summed E-state index contributed by atoms with van der Waals surface area (Å²) in [4.78, 5) is 27.2. The third-order valence-electron chi connectivity index (χ3n) is 4.72. The molecule has 0 radical (unpaired) electrons. The van der Waals surface area contributed by atoms with Crippen LogP contribution in [0.5, 0.6) is 0 Å². The fraction of sp³-hybridized carbons (Fsp3) is 0.391. The van der Waals surface area contributed by atoms with Gasteiger partial charge in [0, 0.05) is 24.5 Å². The van der Waals surface area contributed by atoms with E-state index in [2.05, 4.69) is 5.32 Å². The van der Waals surface area contributed by atoms with Gasteiger partial charge in [0.25, 0.3) is 0 Å². The average molecular weight is 401 g/mol. The number of aryl methyl sites for hydroxylation is 2. The normalized spacial score (nSPS) is 11.7. The number of nitrogens with one attached hydrogen (secondary N) is 1. The van der Waals surface area contributed by atoms with Crippen LogP contribution in [0.4, 0.5) is 0 Å². The monoisotopic (exact) mass is 400 g/mol. The molecule has 2 rings (SSSR count). The second-order valence-electron chi connectivity index (χ2n) is 7.07. The molecule has 0 heterocycles. The Labute approximate surface area is 172 Å². The van der Waals surface area contributed by atoms with Crippen molar-refractivity contribution < 1.29 is 9.59 Å². The highest BCUT2D eigenvalue weighted by atomic mass is 35.5. The Morgan fingerprint density at radius 1 is 1.14 bits per heavy atom. The SMILES string of the molecule is CCCNC(=O)[C@@H](C)N(Cc1cccc(C)c1)C(=O)CCc1ccccc1Cl. The summed E-state index contributed by atoms with van der Waals surface area (Å²) in [6.07, 6.45) is 1.71. The first-order valence-corrected chi connectivity index (χ1v) is 10.2. The third-order valence-corrected chi connectivity index (χ3v) is 5.09. The summed E-state index contributed by atoms with van der Waals surface area (Å²) in [5, 5.41) is 3.55. The van der Waals surface area contributed by atoms with E-state index in [1.54, 1.807) is 11.8 Å². The minimum Gasteiger partial charge on any atom is -0.354 e. The zero-order valence-corrected chi connectivity index (χ0v) is 17.6. The number of halogens is 1. The number of nitrogens with zero attached hydrogens (tertiary/aromatic N) is 1. The standard InChI is InChI=1S/C23H29ClN2O2/c1-4-14-25-23(28)18(3)26(16-19-9-7-8-17(2)15-19)22(27)13-12-20-10-5-6-11-21(20)24/h5-11,15,18H,4,12-14,16H2,1-3H3,(H,25,28)/t18-/m1/s1. The van der Waals surface area contributed by atoms with E-state index in [-0.39, 0.29) is 11.8 Å². The van der Waals surface area contributed by atoms with Gasteiger partial charge in [0.15, 0.2) is 0 Å². The molecule has 0 saturated heterocycles. The smallest absolute Gasteiger partial charge is 0.242 e. The Bertz CT molecular complexity index is 807. The minimum atomic E-state index is -0.536. The van der Waals surface area contributed by atoms with Gasteiger partial charge < -0.3 is 10.2 Å². The summed E-state index contributed by atoms with van der Waals surface area (Å²) in [6, 6.07) is 15.0. The molecule has 0 fully saturated rings. The van der Waals surface area contributed by atoms with Gasteiger partial charge in [0.2, 0.25) is 11.8 Å². The molecule has 0 aromatic heterocycles. The van der Waals surface area contributed by atoms with Crippen molar-refractivity contribution in [2.45, 2.75) is 52.6 Å². The van der Waals surface area contributed by atoms with Gasteiger partial charge in [-0.2, -0.15) is 0 Å². The van der Waals surface area contributed by atoms with Gasteiger partial charge >= 0.3 is 0 Å².